The van der Waals surface area contributed by atoms with Crippen molar-refractivity contribution in [2.24, 2.45) is 4.99 Å². The van der Waals surface area contributed by atoms with E-state index in [1.807, 2.05) is 43.5 Å². The minimum atomic E-state index is 0.598. The number of nitrogens with one attached hydrogen (secondary N) is 1. The van der Waals surface area contributed by atoms with Gasteiger partial charge in [-0.25, -0.2) is 9.98 Å². The molecule has 120 valence electrons. The molecule has 0 radical (unpaired) electrons. The fraction of sp³-hybridized carbons (Fsp3) is 0.222. The number of pyridine rings is 1. The second-order valence-electron chi connectivity index (χ2n) is 5.03. The Labute approximate surface area is 137 Å². The van der Waals surface area contributed by atoms with Crippen LogP contribution in [-0.4, -0.2) is 31.9 Å². The smallest absolute Gasteiger partial charge is 0.213 e. The van der Waals surface area contributed by atoms with E-state index >= 15 is 0 Å². The number of anilines is 1. The quantitative estimate of drug-likeness (QED) is 0.908. The van der Waals surface area contributed by atoms with Crippen molar-refractivity contribution in [1.82, 2.24) is 10.3 Å². The van der Waals surface area contributed by atoms with Crippen molar-refractivity contribution in [2.75, 3.05) is 26.1 Å². The van der Waals surface area contributed by atoms with Gasteiger partial charge in [-0.15, -0.1) is 0 Å². The maximum absolute atomic E-state index is 5.10. The van der Waals surface area contributed by atoms with Crippen LogP contribution in [0.2, 0.25) is 0 Å². The molecule has 23 heavy (non-hydrogen) atoms. The van der Waals surface area contributed by atoms with Crippen LogP contribution in [0.25, 0.3) is 0 Å². The molecule has 0 saturated carbocycles. The minimum Gasteiger partial charge on any atom is -0.481 e. The van der Waals surface area contributed by atoms with Gasteiger partial charge in [0.25, 0.3) is 0 Å². The first-order valence-electron chi connectivity index (χ1n) is 7.32. The molecule has 0 aromatic carbocycles. The lowest BCUT2D eigenvalue weighted by Crippen LogP contribution is -2.19. The molecular formula is C18H22N4O. The number of hydrogen-bond donors (Lipinski definition) is 1. The third-order valence-corrected chi connectivity index (χ3v) is 3.66. The zero-order valence-electron chi connectivity index (χ0n) is 14.0. The van der Waals surface area contributed by atoms with Crippen LogP contribution in [0.15, 0.2) is 71.3 Å². The van der Waals surface area contributed by atoms with E-state index in [2.05, 4.69) is 33.7 Å². The first-order valence-corrected chi connectivity index (χ1v) is 7.32. The van der Waals surface area contributed by atoms with Gasteiger partial charge in [-0.05, 0) is 19.1 Å². The fourth-order valence-electron chi connectivity index (χ4n) is 2.14. The normalized spacial score (nSPS) is 17.1. The van der Waals surface area contributed by atoms with Crippen LogP contribution in [0.3, 0.4) is 0 Å². The van der Waals surface area contributed by atoms with Crippen molar-refractivity contribution in [3.05, 3.63) is 66.3 Å². The van der Waals surface area contributed by atoms with Gasteiger partial charge in [0.2, 0.25) is 5.88 Å². The Morgan fingerprint density at radius 3 is 2.65 bits per heavy atom. The largest absolute Gasteiger partial charge is 0.481 e. The molecule has 1 aliphatic carbocycles. The highest BCUT2D eigenvalue weighted by molar-refractivity contribution is 6.12. The molecule has 1 N–H and O–H groups in total. The van der Waals surface area contributed by atoms with E-state index in [9.17, 15) is 0 Å². The van der Waals surface area contributed by atoms with Gasteiger partial charge in [-0.3, -0.25) is 0 Å². The number of nitrogens with zero attached hydrogens (tertiary/aromatic N) is 3. The van der Waals surface area contributed by atoms with Crippen LogP contribution in [0.5, 0.6) is 5.88 Å². The van der Waals surface area contributed by atoms with Crippen molar-refractivity contribution in [2.45, 2.75) is 6.92 Å². The van der Waals surface area contributed by atoms with Crippen molar-refractivity contribution < 1.29 is 4.74 Å². The number of aliphatic imine (C=N–C) groups is 1. The van der Waals surface area contributed by atoms with Crippen LogP contribution in [0, 0.1) is 0 Å². The molecule has 0 fully saturated rings. The zero-order chi connectivity index (χ0) is 16.8. The molecular weight excluding hydrogens is 288 g/mol. The summed E-state index contributed by atoms with van der Waals surface area (Å²) in [5.41, 5.74) is 3.96. The minimum absolute atomic E-state index is 0.598. The van der Waals surface area contributed by atoms with Gasteiger partial charge < -0.3 is 15.0 Å². The van der Waals surface area contributed by atoms with Gasteiger partial charge in [-0.2, -0.15) is 0 Å². The third kappa shape index (κ3) is 3.88. The van der Waals surface area contributed by atoms with E-state index in [0.717, 1.165) is 22.7 Å². The lowest BCUT2D eigenvalue weighted by Gasteiger charge is -2.23. The lowest BCUT2D eigenvalue weighted by atomic mass is 10.0. The highest BCUT2D eigenvalue weighted by atomic mass is 16.5. The SMILES string of the molecule is C=C(/N=C1/C=CC=C/C1=C(/C)N(C)c1ccc(OC)nc1)NC. The standard InChI is InChI=1S/C18H22N4O/c1-13(22(4)15-10-11-18(23-5)20-12-15)16-8-6-7-9-17(16)21-14(2)19-3/h6-12,19H,2H2,1,3-5H3/b16-13+,21-17-. The van der Waals surface area contributed by atoms with Crippen LogP contribution >= 0.6 is 0 Å². The van der Waals surface area contributed by atoms with Crippen LogP contribution in [-0.2, 0) is 0 Å². The van der Waals surface area contributed by atoms with Crippen molar-refractivity contribution >= 4 is 11.4 Å². The molecule has 0 aliphatic heterocycles. The number of aromatic nitrogens is 1. The summed E-state index contributed by atoms with van der Waals surface area (Å²) in [6, 6.07) is 3.82. The summed E-state index contributed by atoms with van der Waals surface area (Å²) in [7, 11) is 5.41. The van der Waals surface area contributed by atoms with Gasteiger partial charge in [0, 0.05) is 31.4 Å². The number of rotatable bonds is 5. The van der Waals surface area contributed by atoms with Crippen LogP contribution in [0.4, 0.5) is 5.69 Å². The Balaban J connectivity index is 2.36. The lowest BCUT2D eigenvalue weighted by molar-refractivity contribution is 0.398. The van der Waals surface area contributed by atoms with Gasteiger partial charge in [0.05, 0.1) is 24.7 Å². The predicted molar refractivity (Wildman–Crippen MR) is 95.8 cm³/mol. The van der Waals surface area contributed by atoms with Crippen LogP contribution in [0.1, 0.15) is 6.92 Å². The summed E-state index contributed by atoms with van der Waals surface area (Å²) in [6.07, 6.45) is 9.77. The van der Waals surface area contributed by atoms with Crippen molar-refractivity contribution in [3.63, 3.8) is 0 Å². The Morgan fingerprint density at radius 1 is 1.30 bits per heavy atom. The van der Waals surface area contributed by atoms with Crippen molar-refractivity contribution in [3.8, 4) is 5.88 Å². The highest BCUT2D eigenvalue weighted by Crippen LogP contribution is 2.23. The topological polar surface area (TPSA) is 49.8 Å². The molecule has 1 aromatic heterocycles. The Hall–Kier alpha value is -2.82. The monoisotopic (exact) mass is 310 g/mol. The first kappa shape index (κ1) is 16.5. The number of allylic oxidation sites excluding steroid dienone is 6. The van der Waals surface area contributed by atoms with E-state index < -0.39 is 0 Å². The van der Waals surface area contributed by atoms with Crippen LogP contribution < -0.4 is 15.0 Å². The summed E-state index contributed by atoms with van der Waals surface area (Å²) in [5.74, 6) is 1.22. The molecule has 5 nitrogen and oxygen atoms in total. The zero-order valence-corrected chi connectivity index (χ0v) is 14.0. The molecule has 0 atom stereocenters. The predicted octanol–water partition coefficient (Wildman–Crippen LogP) is 3.06. The van der Waals surface area contributed by atoms with Gasteiger partial charge in [0.1, 0.15) is 5.82 Å². The molecule has 0 amide bonds. The second-order valence-corrected chi connectivity index (χ2v) is 5.03. The molecule has 0 unspecified atom stereocenters. The fourth-order valence-corrected chi connectivity index (χ4v) is 2.14. The summed E-state index contributed by atoms with van der Waals surface area (Å²) in [4.78, 5) is 10.8. The second kappa shape index (κ2) is 7.45. The van der Waals surface area contributed by atoms with E-state index in [1.54, 1.807) is 20.4 Å². The maximum atomic E-state index is 5.10. The van der Waals surface area contributed by atoms with E-state index in [-0.39, 0.29) is 0 Å². The molecule has 0 spiro atoms. The van der Waals surface area contributed by atoms with E-state index in [1.165, 1.54) is 0 Å². The average Bonchev–Trinajstić information content (AvgIpc) is 2.61. The molecule has 1 heterocycles. The Bertz CT molecular complexity index is 696. The van der Waals surface area contributed by atoms with Gasteiger partial charge >= 0.3 is 0 Å². The van der Waals surface area contributed by atoms with E-state index in [0.29, 0.717) is 11.7 Å². The Kier molecular flexibility index (Phi) is 5.36. The number of hydrogen-bond acceptors (Lipinski definition) is 5. The summed E-state index contributed by atoms with van der Waals surface area (Å²) in [5, 5.41) is 2.95. The molecule has 5 heteroatoms. The van der Waals surface area contributed by atoms with Gasteiger partial charge in [0.15, 0.2) is 0 Å². The maximum Gasteiger partial charge on any atom is 0.213 e. The number of ether oxygens (including phenoxy) is 1. The molecule has 1 aliphatic rings. The van der Waals surface area contributed by atoms with E-state index in [4.69, 9.17) is 4.74 Å². The molecule has 2 rings (SSSR count). The average molecular weight is 310 g/mol. The highest BCUT2D eigenvalue weighted by Gasteiger charge is 2.13. The number of methoxy groups -OCH3 is 1. The Morgan fingerprint density at radius 2 is 2.04 bits per heavy atom. The molecule has 0 saturated heterocycles. The summed E-state index contributed by atoms with van der Waals surface area (Å²) < 4.78 is 5.10. The summed E-state index contributed by atoms with van der Waals surface area (Å²) >= 11 is 0. The third-order valence-electron chi connectivity index (χ3n) is 3.66. The molecule has 1 aromatic rings. The molecule has 0 bridgehead atoms. The van der Waals surface area contributed by atoms with Crippen molar-refractivity contribution in [1.29, 1.82) is 0 Å². The first-order chi connectivity index (χ1) is 11.1. The summed E-state index contributed by atoms with van der Waals surface area (Å²) in [6.45, 7) is 5.92. The van der Waals surface area contributed by atoms with Gasteiger partial charge in [-0.1, -0.05) is 24.8 Å².